The minimum absolute atomic E-state index is 0.174. The van der Waals surface area contributed by atoms with Gasteiger partial charge in [0.2, 0.25) is 0 Å². The zero-order valence-corrected chi connectivity index (χ0v) is 15.3. The smallest absolute Gasteiger partial charge is 0.316 e. The summed E-state index contributed by atoms with van der Waals surface area (Å²) in [4.78, 5) is 24.1. The Hall–Kier alpha value is -1.05. The highest BCUT2D eigenvalue weighted by molar-refractivity contribution is 9.10. The molecule has 0 fully saturated rings. The molecule has 0 saturated carbocycles. The summed E-state index contributed by atoms with van der Waals surface area (Å²) in [5, 5.41) is 2.58. The summed E-state index contributed by atoms with van der Waals surface area (Å²) >= 11 is 4.88. The van der Waals surface area contributed by atoms with Crippen LogP contribution in [0.15, 0.2) is 21.5 Å². The van der Waals surface area contributed by atoms with E-state index in [4.69, 9.17) is 9.47 Å². The van der Waals surface area contributed by atoms with Gasteiger partial charge in [0.25, 0.3) is 5.91 Å². The Morgan fingerprint density at radius 1 is 1.27 bits per heavy atom. The van der Waals surface area contributed by atoms with Crippen LogP contribution in [0.25, 0.3) is 0 Å². The van der Waals surface area contributed by atoms with Crippen LogP contribution in [0, 0.1) is 13.8 Å². The van der Waals surface area contributed by atoms with Gasteiger partial charge in [-0.25, -0.2) is 0 Å². The molecule has 0 aromatic heterocycles. The predicted molar refractivity (Wildman–Crippen MR) is 90.2 cm³/mol. The molecular formula is C15H20BrNO4S. The van der Waals surface area contributed by atoms with Gasteiger partial charge in [0.15, 0.2) is 6.61 Å². The molecule has 0 atom stereocenters. The van der Waals surface area contributed by atoms with Crippen LogP contribution < -0.4 is 5.32 Å². The predicted octanol–water partition coefficient (Wildman–Crippen LogP) is 2.46. The van der Waals surface area contributed by atoms with Crippen LogP contribution in [0.3, 0.4) is 0 Å². The maximum Gasteiger partial charge on any atom is 0.316 e. The highest BCUT2D eigenvalue weighted by atomic mass is 79.9. The van der Waals surface area contributed by atoms with Crippen LogP contribution in [0.4, 0.5) is 0 Å². The molecule has 0 aliphatic rings. The van der Waals surface area contributed by atoms with E-state index < -0.39 is 5.97 Å². The number of halogens is 1. The second-order valence-corrected chi connectivity index (χ2v) is 6.53. The van der Waals surface area contributed by atoms with Crippen molar-refractivity contribution < 1.29 is 19.1 Å². The minimum Gasteiger partial charge on any atom is -0.455 e. The highest BCUT2D eigenvalue weighted by Crippen LogP contribution is 2.28. The lowest BCUT2D eigenvalue weighted by Gasteiger charge is -2.09. The van der Waals surface area contributed by atoms with Crippen LogP contribution >= 0.6 is 27.7 Å². The Kier molecular flexibility index (Phi) is 8.52. The number of esters is 1. The number of ether oxygens (including phenoxy) is 2. The fraction of sp³-hybridized carbons (Fsp3) is 0.467. The summed E-state index contributed by atoms with van der Waals surface area (Å²) in [5.41, 5.74) is 2.20. The van der Waals surface area contributed by atoms with Gasteiger partial charge in [0, 0.05) is 23.0 Å². The molecule has 22 heavy (non-hydrogen) atoms. The first-order chi connectivity index (χ1) is 10.4. The number of aryl methyl sites for hydroxylation is 2. The Morgan fingerprint density at radius 2 is 2.00 bits per heavy atom. The van der Waals surface area contributed by atoms with Crippen molar-refractivity contribution in [3.8, 4) is 0 Å². The van der Waals surface area contributed by atoms with Crippen LogP contribution in [0.2, 0.25) is 0 Å². The van der Waals surface area contributed by atoms with E-state index in [1.54, 1.807) is 7.11 Å². The number of rotatable bonds is 8. The van der Waals surface area contributed by atoms with Crippen molar-refractivity contribution in [2.75, 3.05) is 32.6 Å². The number of nitrogens with one attached hydrogen (secondary N) is 1. The van der Waals surface area contributed by atoms with Gasteiger partial charge >= 0.3 is 5.97 Å². The van der Waals surface area contributed by atoms with Gasteiger partial charge in [-0.1, -0.05) is 15.9 Å². The van der Waals surface area contributed by atoms with Gasteiger partial charge in [-0.05, 0) is 37.1 Å². The van der Waals surface area contributed by atoms with E-state index in [0.29, 0.717) is 13.2 Å². The summed E-state index contributed by atoms with van der Waals surface area (Å²) < 4.78 is 10.8. The van der Waals surface area contributed by atoms with Gasteiger partial charge in [-0.3, -0.25) is 9.59 Å². The van der Waals surface area contributed by atoms with E-state index in [2.05, 4.69) is 21.2 Å². The third-order valence-corrected chi connectivity index (χ3v) is 4.78. The zero-order chi connectivity index (χ0) is 16.5. The molecule has 0 heterocycles. The average Bonchev–Trinajstić information content (AvgIpc) is 2.47. The van der Waals surface area contributed by atoms with Crippen molar-refractivity contribution in [1.29, 1.82) is 0 Å². The first-order valence-electron chi connectivity index (χ1n) is 6.75. The third kappa shape index (κ3) is 6.81. The fourth-order valence-electron chi connectivity index (χ4n) is 1.58. The Bertz CT molecular complexity index is 537. The summed E-state index contributed by atoms with van der Waals surface area (Å²) in [7, 11) is 1.55. The van der Waals surface area contributed by atoms with E-state index in [1.807, 2.05) is 26.0 Å². The molecule has 1 aromatic rings. The van der Waals surface area contributed by atoms with Crippen LogP contribution in [0.1, 0.15) is 11.1 Å². The molecule has 1 rings (SSSR count). The van der Waals surface area contributed by atoms with E-state index in [1.165, 1.54) is 11.8 Å². The van der Waals surface area contributed by atoms with Gasteiger partial charge < -0.3 is 14.8 Å². The monoisotopic (exact) mass is 389 g/mol. The average molecular weight is 390 g/mol. The maximum absolute atomic E-state index is 11.7. The van der Waals surface area contributed by atoms with Gasteiger partial charge in [-0.15, -0.1) is 11.8 Å². The van der Waals surface area contributed by atoms with Gasteiger partial charge in [-0.2, -0.15) is 0 Å². The number of hydrogen-bond donors (Lipinski definition) is 1. The maximum atomic E-state index is 11.7. The van der Waals surface area contributed by atoms with E-state index >= 15 is 0 Å². The van der Waals surface area contributed by atoms with E-state index in [-0.39, 0.29) is 18.3 Å². The molecule has 5 nitrogen and oxygen atoms in total. The van der Waals surface area contributed by atoms with Crippen LogP contribution in [-0.4, -0.2) is 44.5 Å². The van der Waals surface area contributed by atoms with Gasteiger partial charge in [0.1, 0.15) is 0 Å². The second-order valence-electron chi connectivity index (χ2n) is 4.66. The molecule has 7 heteroatoms. The lowest BCUT2D eigenvalue weighted by molar-refractivity contribution is -0.145. The molecular weight excluding hydrogens is 370 g/mol. The quantitative estimate of drug-likeness (QED) is 0.420. The molecule has 1 N–H and O–H groups in total. The second kappa shape index (κ2) is 9.86. The lowest BCUT2D eigenvalue weighted by Crippen LogP contribution is -2.31. The molecule has 0 bridgehead atoms. The number of carbonyl (C=O) groups excluding carboxylic acids is 2. The molecule has 1 aromatic carbocycles. The summed E-state index contributed by atoms with van der Waals surface area (Å²) in [6, 6.07) is 4.04. The fourth-order valence-corrected chi connectivity index (χ4v) is 2.94. The highest BCUT2D eigenvalue weighted by Gasteiger charge is 2.10. The molecule has 0 saturated heterocycles. The molecule has 0 unspecified atom stereocenters. The summed E-state index contributed by atoms with van der Waals surface area (Å²) in [6.45, 7) is 4.55. The number of amides is 1. The van der Waals surface area contributed by atoms with Crippen molar-refractivity contribution in [2.45, 2.75) is 18.7 Å². The van der Waals surface area contributed by atoms with E-state index in [0.717, 1.165) is 20.5 Å². The normalized spacial score (nSPS) is 10.4. The number of thioether (sulfide) groups is 1. The van der Waals surface area contributed by atoms with Crippen LogP contribution in [-0.2, 0) is 19.1 Å². The van der Waals surface area contributed by atoms with Crippen LogP contribution in [0.5, 0.6) is 0 Å². The topological polar surface area (TPSA) is 64.6 Å². The first kappa shape index (κ1) is 19.0. The van der Waals surface area contributed by atoms with Gasteiger partial charge in [0.05, 0.1) is 12.4 Å². The first-order valence-corrected chi connectivity index (χ1v) is 8.52. The zero-order valence-electron chi connectivity index (χ0n) is 12.9. The van der Waals surface area contributed by atoms with Crippen molar-refractivity contribution >= 4 is 39.6 Å². The molecule has 0 aliphatic carbocycles. The third-order valence-electron chi connectivity index (χ3n) is 2.79. The SMILES string of the molecule is COCCNC(=O)COC(=O)CSc1cc(C)c(Br)cc1C. The summed E-state index contributed by atoms with van der Waals surface area (Å²) in [5.74, 6) is -0.564. The van der Waals surface area contributed by atoms with Crippen molar-refractivity contribution in [3.63, 3.8) is 0 Å². The molecule has 0 radical (unpaired) electrons. The van der Waals surface area contributed by atoms with Crippen molar-refractivity contribution in [3.05, 3.63) is 27.7 Å². The standard InChI is InChI=1S/C15H20BrNO4S/c1-10-7-13(11(2)6-12(10)16)22-9-15(19)21-8-14(18)17-4-5-20-3/h6-7H,4-5,8-9H2,1-3H3,(H,17,18). The molecule has 0 spiro atoms. The minimum atomic E-state index is -0.410. The number of benzene rings is 1. The number of carbonyl (C=O) groups is 2. The Labute approximate surface area is 143 Å². The molecule has 122 valence electrons. The van der Waals surface area contributed by atoms with Crippen molar-refractivity contribution in [1.82, 2.24) is 5.32 Å². The summed E-state index contributed by atoms with van der Waals surface area (Å²) in [6.07, 6.45) is 0. The Balaban J connectivity index is 2.34. The largest absolute Gasteiger partial charge is 0.455 e. The Morgan fingerprint density at radius 3 is 2.68 bits per heavy atom. The van der Waals surface area contributed by atoms with Crippen molar-refractivity contribution in [2.24, 2.45) is 0 Å². The number of methoxy groups -OCH3 is 1. The van der Waals surface area contributed by atoms with E-state index in [9.17, 15) is 9.59 Å². The molecule has 1 amide bonds. The lowest BCUT2D eigenvalue weighted by atomic mass is 10.2. The number of hydrogen-bond acceptors (Lipinski definition) is 5. The molecule has 0 aliphatic heterocycles.